The molecule has 1 fully saturated rings. The number of nitrogens with one attached hydrogen (secondary N) is 1. The number of nitrogens with zero attached hydrogens (tertiary/aromatic N) is 3. The van der Waals surface area contributed by atoms with E-state index >= 15 is 0 Å². The lowest BCUT2D eigenvalue weighted by Crippen LogP contribution is -2.45. The molecule has 1 atom stereocenters. The first-order valence-corrected chi connectivity index (χ1v) is 9.21. The van der Waals surface area contributed by atoms with Crippen molar-refractivity contribution in [2.45, 2.75) is 38.8 Å². The molecule has 0 unspecified atom stereocenters. The zero-order chi connectivity index (χ0) is 18.4. The van der Waals surface area contributed by atoms with E-state index < -0.39 is 0 Å². The van der Waals surface area contributed by atoms with Crippen molar-refractivity contribution in [3.63, 3.8) is 0 Å². The fourth-order valence-electron chi connectivity index (χ4n) is 3.37. The van der Waals surface area contributed by atoms with Crippen LogP contribution in [0, 0.1) is 5.92 Å². The van der Waals surface area contributed by atoms with Crippen LogP contribution in [0.5, 0.6) is 0 Å². The van der Waals surface area contributed by atoms with Gasteiger partial charge in [0.25, 0.3) is 0 Å². The molecule has 2 amide bonds. The molecule has 0 aliphatic carbocycles. The molecule has 1 aliphatic heterocycles. The Morgan fingerprint density at radius 1 is 1.19 bits per heavy atom. The number of piperidine rings is 1. The van der Waals surface area contributed by atoms with Crippen LogP contribution in [-0.2, 0) is 22.6 Å². The second-order valence-corrected chi connectivity index (χ2v) is 6.96. The average Bonchev–Trinajstić information content (AvgIpc) is 3.15. The molecular formula is C20H26N4O2. The number of amides is 2. The fraction of sp³-hybridized carbons (Fsp3) is 0.450. The van der Waals surface area contributed by atoms with Crippen molar-refractivity contribution >= 4 is 11.8 Å². The molecule has 1 aliphatic rings. The van der Waals surface area contributed by atoms with E-state index in [4.69, 9.17) is 0 Å². The molecule has 6 nitrogen and oxygen atoms in total. The van der Waals surface area contributed by atoms with E-state index in [-0.39, 0.29) is 23.8 Å². The van der Waals surface area contributed by atoms with Gasteiger partial charge in [0, 0.05) is 37.4 Å². The summed E-state index contributed by atoms with van der Waals surface area (Å²) >= 11 is 0. The van der Waals surface area contributed by atoms with Crippen molar-refractivity contribution in [2.75, 3.05) is 13.1 Å². The van der Waals surface area contributed by atoms with E-state index in [2.05, 4.69) is 10.4 Å². The lowest BCUT2D eigenvalue weighted by molar-refractivity contribution is -0.135. The molecule has 1 N–H and O–H groups in total. The molecule has 6 heteroatoms. The summed E-state index contributed by atoms with van der Waals surface area (Å²) in [6, 6.07) is 11.7. The topological polar surface area (TPSA) is 67.2 Å². The lowest BCUT2D eigenvalue weighted by atomic mass is 9.95. The van der Waals surface area contributed by atoms with E-state index in [0.29, 0.717) is 26.1 Å². The molecule has 1 aromatic carbocycles. The molecule has 2 heterocycles. The molecule has 1 aromatic heterocycles. The molecule has 0 saturated carbocycles. The number of carbonyl (C=O) groups is 2. The van der Waals surface area contributed by atoms with E-state index in [0.717, 1.165) is 18.4 Å². The van der Waals surface area contributed by atoms with Crippen LogP contribution in [0.25, 0.3) is 0 Å². The summed E-state index contributed by atoms with van der Waals surface area (Å²) in [5, 5.41) is 7.23. The quantitative estimate of drug-likeness (QED) is 0.861. The van der Waals surface area contributed by atoms with Gasteiger partial charge in [-0.05, 0) is 31.4 Å². The van der Waals surface area contributed by atoms with Gasteiger partial charge in [0.1, 0.15) is 0 Å². The van der Waals surface area contributed by atoms with Crippen LogP contribution >= 0.6 is 0 Å². The summed E-state index contributed by atoms with van der Waals surface area (Å²) in [6.45, 7) is 3.94. The monoisotopic (exact) mass is 354 g/mol. The predicted molar refractivity (Wildman–Crippen MR) is 99.3 cm³/mol. The number of carbonyl (C=O) groups excluding carboxylic acids is 2. The molecule has 3 rings (SSSR count). The SMILES string of the molecule is C[C@@H](Cn1cccn1)NC(=O)C1CCN(C(=O)Cc2ccccc2)CC1. The molecule has 0 bridgehead atoms. The predicted octanol–water partition coefficient (Wildman–Crippen LogP) is 1.87. The number of aromatic nitrogens is 2. The van der Waals surface area contributed by atoms with Crippen LogP contribution in [-0.4, -0.2) is 45.6 Å². The summed E-state index contributed by atoms with van der Waals surface area (Å²) in [7, 11) is 0. The highest BCUT2D eigenvalue weighted by molar-refractivity contribution is 5.81. The van der Waals surface area contributed by atoms with E-state index in [1.807, 2.05) is 59.1 Å². The van der Waals surface area contributed by atoms with Gasteiger partial charge in [-0.15, -0.1) is 0 Å². The molecule has 26 heavy (non-hydrogen) atoms. The van der Waals surface area contributed by atoms with Crippen LogP contribution in [0.3, 0.4) is 0 Å². The number of rotatable bonds is 6. The third-order valence-electron chi connectivity index (χ3n) is 4.83. The Balaban J connectivity index is 1.42. The highest BCUT2D eigenvalue weighted by Gasteiger charge is 2.27. The average molecular weight is 354 g/mol. The van der Waals surface area contributed by atoms with E-state index in [9.17, 15) is 9.59 Å². The molecule has 2 aromatic rings. The summed E-state index contributed by atoms with van der Waals surface area (Å²) in [6.07, 6.45) is 5.50. The Bertz CT molecular complexity index is 707. The Hall–Kier alpha value is -2.63. The minimum absolute atomic E-state index is 0.0177. The third-order valence-corrected chi connectivity index (χ3v) is 4.83. The Kier molecular flexibility index (Phi) is 6.04. The van der Waals surface area contributed by atoms with Crippen molar-refractivity contribution in [3.05, 3.63) is 54.4 Å². The Morgan fingerprint density at radius 3 is 2.58 bits per heavy atom. The van der Waals surface area contributed by atoms with E-state index in [1.54, 1.807) is 6.20 Å². The van der Waals surface area contributed by atoms with Gasteiger partial charge in [0.2, 0.25) is 11.8 Å². The first-order valence-electron chi connectivity index (χ1n) is 9.21. The van der Waals surface area contributed by atoms with Gasteiger partial charge in [-0.2, -0.15) is 5.10 Å². The lowest BCUT2D eigenvalue weighted by Gasteiger charge is -2.32. The highest BCUT2D eigenvalue weighted by atomic mass is 16.2. The van der Waals surface area contributed by atoms with Gasteiger partial charge in [-0.25, -0.2) is 0 Å². The van der Waals surface area contributed by atoms with Crippen LogP contribution in [0.1, 0.15) is 25.3 Å². The molecule has 0 radical (unpaired) electrons. The summed E-state index contributed by atoms with van der Waals surface area (Å²) in [5.74, 6) is 0.206. The smallest absolute Gasteiger partial charge is 0.226 e. The van der Waals surface area contributed by atoms with Gasteiger partial charge in [0.15, 0.2) is 0 Å². The minimum atomic E-state index is -0.0177. The summed E-state index contributed by atoms with van der Waals surface area (Å²) < 4.78 is 1.82. The zero-order valence-corrected chi connectivity index (χ0v) is 15.2. The number of benzene rings is 1. The molecular weight excluding hydrogens is 328 g/mol. The van der Waals surface area contributed by atoms with Crippen molar-refractivity contribution in [1.82, 2.24) is 20.0 Å². The van der Waals surface area contributed by atoms with Gasteiger partial charge in [-0.3, -0.25) is 14.3 Å². The standard InChI is InChI=1S/C20H26N4O2/c1-16(15-24-11-5-10-21-24)22-20(26)18-8-12-23(13-9-18)19(25)14-17-6-3-2-4-7-17/h2-7,10-11,16,18H,8-9,12-15H2,1H3,(H,22,26)/t16-/m0/s1. The molecule has 1 saturated heterocycles. The van der Waals surface area contributed by atoms with Crippen LogP contribution < -0.4 is 5.32 Å². The number of likely N-dealkylation sites (tertiary alicyclic amines) is 1. The first-order chi connectivity index (χ1) is 12.6. The first kappa shape index (κ1) is 18.2. The minimum Gasteiger partial charge on any atom is -0.352 e. The second kappa shape index (κ2) is 8.65. The summed E-state index contributed by atoms with van der Waals surface area (Å²) in [5.41, 5.74) is 1.03. The maximum absolute atomic E-state index is 12.5. The van der Waals surface area contributed by atoms with Crippen LogP contribution in [0.15, 0.2) is 48.8 Å². The summed E-state index contributed by atoms with van der Waals surface area (Å²) in [4.78, 5) is 26.8. The van der Waals surface area contributed by atoms with Gasteiger partial charge in [-0.1, -0.05) is 30.3 Å². The van der Waals surface area contributed by atoms with Crippen molar-refractivity contribution in [2.24, 2.45) is 5.92 Å². The van der Waals surface area contributed by atoms with Crippen molar-refractivity contribution < 1.29 is 9.59 Å². The highest BCUT2D eigenvalue weighted by Crippen LogP contribution is 2.18. The van der Waals surface area contributed by atoms with Crippen molar-refractivity contribution in [3.8, 4) is 0 Å². The molecule has 138 valence electrons. The van der Waals surface area contributed by atoms with Gasteiger partial charge >= 0.3 is 0 Å². The van der Waals surface area contributed by atoms with Crippen LogP contribution in [0.4, 0.5) is 0 Å². The maximum Gasteiger partial charge on any atom is 0.226 e. The van der Waals surface area contributed by atoms with Gasteiger partial charge < -0.3 is 10.2 Å². The normalized spacial score (nSPS) is 16.3. The third kappa shape index (κ3) is 4.94. The number of hydrogen-bond acceptors (Lipinski definition) is 3. The Labute approximate surface area is 154 Å². The molecule has 0 spiro atoms. The fourth-order valence-corrected chi connectivity index (χ4v) is 3.37. The second-order valence-electron chi connectivity index (χ2n) is 6.96. The van der Waals surface area contributed by atoms with Crippen molar-refractivity contribution in [1.29, 1.82) is 0 Å². The van der Waals surface area contributed by atoms with Gasteiger partial charge in [0.05, 0.1) is 13.0 Å². The van der Waals surface area contributed by atoms with E-state index in [1.165, 1.54) is 0 Å². The zero-order valence-electron chi connectivity index (χ0n) is 15.2. The number of hydrogen-bond donors (Lipinski definition) is 1. The van der Waals surface area contributed by atoms with Crippen LogP contribution in [0.2, 0.25) is 0 Å². The Morgan fingerprint density at radius 2 is 1.92 bits per heavy atom. The maximum atomic E-state index is 12.5. The largest absolute Gasteiger partial charge is 0.352 e.